The molecule has 0 fully saturated rings. The summed E-state index contributed by atoms with van der Waals surface area (Å²) < 4.78 is 4.53. The van der Waals surface area contributed by atoms with Crippen LogP contribution in [0.25, 0.3) is 66.1 Å². The summed E-state index contributed by atoms with van der Waals surface area (Å²) >= 11 is 0. The smallest absolute Gasteiger partial charge is 0.162 e. The Morgan fingerprint density at radius 3 is 1.60 bits per heavy atom. The van der Waals surface area contributed by atoms with E-state index < -0.39 is 0 Å². The second-order valence-corrected chi connectivity index (χ2v) is 12.8. The van der Waals surface area contributed by atoms with Crippen molar-refractivity contribution in [3.63, 3.8) is 0 Å². The van der Waals surface area contributed by atoms with Crippen molar-refractivity contribution in [2.45, 2.75) is 0 Å². The quantitative estimate of drug-likeness (QED) is 0.125. The van der Waals surface area contributed by atoms with Gasteiger partial charge in [-0.3, -0.25) is 4.57 Å². The molecular formula is C48H34N4. The van der Waals surface area contributed by atoms with Crippen LogP contribution in [0.15, 0.2) is 205 Å². The molecule has 52 heavy (non-hydrogen) atoms. The van der Waals surface area contributed by atoms with Gasteiger partial charge in [0.05, 0.1) is 27.8 Å². The lowest BCUT2D eigenvalue weighted by Gasteiger charge is -2.11. The van der Waals surface area contributed by atoms with Crippen molar-refractivity contribution in [1.82, 2.24) is 9.13 Å². The van der Waals surface area contributed by atoms with Gasteiger partial charge in [-0.2, -0.15) is 0 Å². The minimum atomic E-state index is 0.565. The fourth-order valence-corrected chi connectivity index (χ4v) is 7.27. The first-order chi connectivity index (χ1) is 25.7. The average molecular weight is 667 g/mol. The summed E-state index contributed by atoms with van der Waals surface area (Å²) in [6.07, 6.45) is 1.81. The predicted octanol–water partition coefficient (Wildman–Crippen LogP) is 12.1. The Hall–Kier alpha value is -7.04. The van der Waals surface area contributed by atoms with Gasteiger partial charge >= 0.3 is 0 Å². The molecule has 0 saturated carbocycles. The van der Waals surface area contributed by atoms with Crippen LogP contribution in [0, 0.1) is 0 Å². The zero-order valence-electron chi connectivity index (χ0n) is 28.5. The summed E-state index contributed by atoms with van der Waals surface area (Å²) in [6.45, 7) is 8.51. The van der Waals surface area contributed by atoms with Crippen molar-refractivity contribution in [2.75, 3.05) is 0 Å². The average Bonchev–Trinajstić information content (AvgIpc) is 3.72. The number of para-hydroxylation sites is 3. The molecule has 2 aromatic heterocycles. The number of nitrogens with zero attached hydrogens (tertiary/aromatic N) is 4. The lowest BCUT2D eigenvalue weighted by molar-refractivity contribution is 1.18. The lowest BCUT2D eigenvalue weighted by Crippen LogP contribution is -2.12. The number of hydrogen-bond acceptors (Lipinski definition) is 1. The number of benzene rings is 7. The fraction of sp³-hybridized carbons (Fsp3) is 0. The highest BCUT2D eigenvalue weighted by Crippen LogP contribution is 2.37. The highest BCUT2D eigenvalue weighted by atomic mass is 15.1. The zero-order chi connectivity index (χ0) is 35.0. The van der Waals surface area contributed by atoms with Gasteiger partial charge in [0.15, 0.2) is 5.84 Å². The van der Waals surface area contributed by atoms with Gasteiger partial charge in [0.2, 0.25) is 0 Å². The number of hydrogen-bond donors (Lipinski definition) is 0. The Morgan fingerprint density at radius 1 is 0.462 bits per heavy atom. The van der Waals surface area contributed by atoms with E-state index in [2.05, 4.69) is 138 Å². The van der Waals surface area contributed by atoms with E-state index >= 15 is 0 Å². The van der Waals surface area contributed by atoms with Crippen LogP contribution < -0.4 is 0 Å². The maximum atomic E-state index is 5.19. The molecule has 9 aromatic rings. The topological polar surface area (TPSA) is 34.6 Å². The molecule has 0 bridgehead atoms. The van der Waals surface area contributed by atoms with E-state index in [9.17, 15) is 0 Å². The first-order valence-corrected chi connectivity index (χ1v) is 17.4. The van der Waals surface area contributed by atoms with Crippen molar-refractivity contribution >= 4 is 61.0 Å². The van der Waals surface area contributed by atoms with E-state index in [1.807, 2.05) is 60.7 Å². The van der Waals surface area contributed by atoms with E-state index in [4.69, 9.17) is 9.98 Å². The van der Waals surface area contributed by atoms with Gasteiger partial charge in [-0.25, -0.2) is 9.98 Å². The summed E-state index contributed by atoms with van der Waals surface area (Å²) in [7, 11) is 0. The van der Waals surface area contributed by atoms with E-state index in [1.165, 1.54) is 21.8 Å². The van der Waals surface area contributed by atoms with Gasteiger partial charge < -0.3 is 4.57 Å². The largest absolute Gasteiger partial charge is 0.309 e. The predicted molar refractivity (Wildman–Crippen MR) is 221 cm³/mol. The van der Waals surface area contributed by atoms with E-state index in [-0.39, 0.29) is 0 Å². The van der Waals surface area contributed by atoms with E-state index in [0.717, 1.165) is 49.7 Å². The van der Waals surface area contributed by atoms with Gasteiger partial charge in [-0.1, -0.05) is 141 Å². The molecule has 7 aromatic carbocycles. The summed E-state index contributed by atoms with van der Waals surface area (Å²) in [6, 6.07) is 61.3. The first-order valence-electron chi connectivity index (χ1n) is 17.4. The highest BCUT2D eigenvalue weighted by Gasteiger charge is 2.17. The van der Waals surface area contributed by atoms with E-state index in [0.29, 0.717) is 17.4 Å². The standard InChI is InChI=1S/C48H34N4/c1-3-47(50-48(35-19-9-5-10-20-35)49-33(2)34-17-7-4-8-18-34)52-44-26-16-14-24-40(44)42-32-37(28-30-46(42)52)36-27-29-45-41(31-36)39-23-13-15-25-43(39)51(45)38-21-11-6-12-22-38/h3-32H,1-2H2/b49-48-,50-47+. The van der Waals surface area contributed by atoms with Crippen molar-refractivity contribution < 1.29 is 0 Å². The molecule has 0 radical (unpaired) electrons. The van der Waals surface area contributed by atoms with Crippen LogP contribution >= 0.6 is 0 Å². The fourth-order valence-electron chi connectivity index (χ4n) is 7.27. The van der Waals surface area contributed by atoms with Crippen molar-refractivity contribution in [2.24, 2.45) is 9.98 Å². The molecule has 0 atom stereocenters. The van der Waals surface area contributed by atoms with Crippen molar-refractivity contribution in [1.29, 1.82) is 0 Å². The number of fused-ring (bicyclic) bond motifs is 6. The number of amidine groups is 1. The van der Waals surface area contributed by atoms with Gasteiger partial charge in [-0.05, 0) is 71.3 Å². The first kappa shape index (κ1) is 31.0. The maximum Gasteiger partial charge on any atom is 0.162 e. The van der Waals surface area contributed by atoms with Gasteiger partial charge in [-0.15, -0.1) is 0 Å². The number of aliphatic imine (C=N–C) groups is 2. The molecule has 0 aliphatic heterocycles. The monoisotopic (exact) mass is 666 g/mol. The van der Waals surface area contributed by atoms with Crippen LogP contribution in [0.4, 0.5) is 0 Å². The van der Waals surface area contributed by atoms with Crippen LogP contribution in [0.2, 0.25) is 0 Å². The molecule has 0 aliphatic rings. The Kier molecular flexibility index (Phi) is 7.75. The summed E-state index contributed by atoms with van der Waals surface area (Å²) in [4.78, 5) is 10.2. The third kappa shape index (κ3) is 5.34. The van der Waals surface area contributed by atoms with Gasteiger partial charge in [0, 0.05) is 32.8 Å². The summed E-state index contributed by atoms with van der Waals surface area (Å²) in [5.41, 5.74) is 10.4. The molecule has 2 heterocycles. The minimum Gasteiger partial charge on any atom is -0.309 e. The van der Waals surface area contributed by atoms with Crippen LogP contribution in [0.3, 0.4) is 0 Å². The van der Waals surface area contributed by atoms with Crippen molar-refractivity contribution in [3.8, 4) is 16.8 Å². The molecule has 0 saturated heterocycles. The molecule has 0 spiro atoms. The Bertz CT molecular complexity index is 2850. The van der Waals surface area contributed by atoms with Crippen molar-refractivity contribution in [3.05, 3.63) is 206 Å². The Balaban J connectivity index is 1.20. The van der Waals surface area contributed by atoms with Crippen LogP contribution in [0.5, 0.6) is 0 Å². The lowest BCUT2D eigenvalue weighted by atomic mass is 10.0. The second kappa shape index (κ2) is 13.0. The second-order valence-electron chi connectivity index (χ2n) is 12.8. The molecule has 9 rings (SSSR count). The molecule has 4 heteroatoms. The summed E-state index contributed by atoms with van der Waals surface area (Å²) in [5.74, 6) is 1.24. The molecule has 246 valence electrons. The molecule has 0 N–H and O–H groups in total. The molecular weight excluding hydrogens is 633 g/mol. The van der Waals surface area contributed by atoms with Crippen LogP contribution in [-0.2, 0) is 0 Å². The normalized spacial score (nSPS) is 12.2. The third-order valence-corrected chi connectivity index (χ3v) is 9.70. The summed E-state index contributed by atoms with van der Waals surface area (Å²) in [5, 5.41) is 4.74. The third-order valence-electron chi connectivity index (χ3n) is 9.70. The maximum absolute atomic E-state index is 5.19. The SMILES string of the molecule is C=C/C(=N\C(=N/C(=C)c1ccccc1)c1ccccc1)n1c2ccccc2c2cc(-c3ccc4c(c3)c3ccccc3n4-c3ccccc3)ccc21. The van der Waals surface area contributed by atoms with Gasteiger partial charge in [0.1, 0.15) is 5.84 Å². The molecule has 0 unspecified atom stereocenters. The Morgan fingerprint density at radius 2 is 0.942 bits per heavy atom. The number of allylic oxidation sites excluding steroid dienone is 1. The van der Waals surface area contributed by atoms with Gasteiger partial charge in [0.25, 0.3) is 0 Å². The number of rotatable bonds is 6. The molecule has 4 nitrogen and oxygen atoms in total. The highest BCUT2D eigenvalue weighted by molar-refractivity contribution is 6.20. The molecule has 0 aliphatic carbocycles. The van der Waals surface area contributed by atoms with E-state index in [1.54, 1.807) is 6.08 Å². The number of aromatic nitrogens is 2. The minimum absolute atomic E-state index is 0.565. The molecule has 0 amide bonds. The Labute approximate surface area is 302 Å². The van der Waals surface area contributed by atoms with Crippen LogP contribution in [-0.4, -0.2) is 20.8 Å². The zero-order valence-corrected chi connectivity index (χ0v) is 28.5. The van der Waals surface area contributed by atoms with Crippen LogP contribution in [0.1, 0.15) is 11.1 Å².